The van der Waals surface area contributed by atoms with Gasteiger partial charge < -0.3 is 14.8 Å². The molecule has 0 saturated carbocycles. The third-order valence-corrected chi connectivity index (χ3v) is 5.40. The van der Waals surface area contributed by atoms with Gasteiger partial charge in [-0.25, -0.2) is 0 Å². The zero-order valence-corrected chi connectivity index (χ0v) is 17.5. The Morgan fingerprint density at radius 1 is 1.17 bits per heavy atom. The molecule has 0 atom stereocenters. The Bertz CT molecular complexity index is 931. The summed E-state index contributed by atoms with van der Waals surface area (Å²) in [6.07, 6.45) is 5.52. The number of fused-ring (bicyclic) bond motifs is 1. The van der Waals surface area contributed by atoms with Crippen LogP contribution in [-0.2, 0) is 28.8 Å². The highest BCUT2D eigenvalue weighted by Gasteiger charge is 2.17. The van der Waals surface area contributed by atoms with Gasteiger partial charge in [-0.2, -0.15) is 8.78 Å². The first-order valence-electron chi connectivity index (χ1n) is 9.84. The van der Waals surface area contributed by atoms with Crippen LogP contribution < -0.4 is 10.1 Å². The van der Waals surface area contributed by atoms with E-state index in [4.69, 9.17) is 16.3 Å². The van der Waals surface area contributed by atoms with Gasteiger partial charge in [-0.05, 0) is 66.5 Å². The average Bonchev–Trinajstić information content (AvgIpc) is 2.73. The van der Waals surface area contributed by atoms with Crippen molar-refractivity contribution in [2.45, 2.75) is 38.7 Å². The molecule has 0 heterocycles. The molecule has 30 heavy (non-hydrogen) atoms. The van der Waals surface area contributed by atoms with E-state index in [0.717, 1.165) is 43.1 Å². The van der Waals surface area contributed by atoms with Crippen molar-refractivity contribution in [3.8, 4) is 5.75 Å². The Morgan fingerprint density at radius 2 is 1.93 bits per heavy atom. The largest absolute Gasteiger partial charge is 0.495 e. The van der Waals surface area contributed by atoms with E-state index >= 15 is 0 Å². The van der Waals surface area contributed by atoms with Crippen molar-refractivity contribution in [1.29, 1.82) is 0 Å². The lowest BCUT2D eigenvalue weighted by molar-refractivity contribution is -0.116. The molecule has 0 radical (unpaired) electrons. The summed E-state index contributed by atoms with van der Waals surface area (Å²) in [5.41, 5.74) is 3.97. The highest BCUT2D eigenvalue weighted by molar-refractivity contribution is 6.32. The van der Waals surface area contributed by atoms with Crippen molar-refractivity contribution in [2.24, 2.45) is 0 Å². The Hall–Kier alpha value is -2.60. The fraction of sp³-hybridized carbons (Fsp3) is 0.348. The molecule has 1 amide bonds. The molecule has 0 spiro atoms. The molecule has 0 unspecified atom stereocenters. The lowest BCUT2D eigenvalue weighted by atomic mass is 9.89. The predicted octanol–water partition coefficient (Wildman–Crippen LogP) is 5.17. The zero-order valence-electron chi connectivity index (χ0n) is 16.7. The van der Waals surface area contributed by atoms with Crippen LogP contribution in [0.25, 0.3) is 5.57 Å². The zero-order chi connectivity index (χ0) is 21.5. The van der Waals surface area contributed by atoms with Crippen molar-refractivity contribution in [2.75, 3.05) is 13.7 Å². The van der Waals surface area contributed by atoms with Crippen molar-refractivity contribution in [3.05, 3.63) is 69.9 Å². The summed E-state index contributed by atoms with van der Waals surface area (Å²) in [4.78, 5) is 12.7. The topological polar surface area (TPSA) is 47.6 Å². The van der Waals surface area contributed by atoms with Gasteiger partial charge in [0.1, 0.15) is 12.0 Å². The van der Waals surface area contributed by atoms with Crippen LogP contribution in [-0.4, -0.2) is 26.2 Å². The molecule has 0 aromatic heterocycles. The van der Waals surface area contributed by atoms with Crippen LogP contribution in [0.4, 0.5) is 8.78 Å². The van der Waals surface area contributed by atoms with Gasteiger partial charge in [0.15, 0.2) is 0 Å². The minimum absolute atomic E-state index is 0.0800. The number of benzene rings is 2. The minimum atomic E-state index is -2.99. The van der Waals surface area contributed by atoms with E-state index in [1.54, 1.807) is 18.2 Å². The summed E-state index contributed by atoms with van der Waals surface area (Å²) < 4.78 is 34.7. The standard InChI is InChI=1S/C23H24ClF2NO3/c1-29-21-9-6-15(12-20(21)24)10-11-27-22(28)19(14-30-23(25)26)18-8-7-16-4-2-3-5-17(16)13-18/h6-9,12-14,23H,2-5,10-11H2,1H3,(H,27,28)/b19-14-. The number of methoxy groups -OCH3 is 1. The first kappa shape index (κ1) is 22.1. The second-order valence-electron chi connectivity index (χ2n) is 7.09. The minimum Gasteiger partial charge on any atom is -0.495 e. The molecule has 1 aliphatic carbocycles. The SMILES string of the molecule is COc1ccc(CCNC(=O)/C(=C\OC(F)F)c2ccc3c(c2)CCCC3)cc1Cl. The van der Waals surface area contributed by atoms with E-state index in [1.165, 1.54) is 12.7 Å². The number of rotatable bonds is 8. The van der Waals surface area contributed by atoms with E-state index in [2.05, 4.69) is 10.1 Å². The highest BCUT2D eigenvalue weighted by Crippen LogP contribution is 2.27. The first-order chi connectivity index (χ1) is 14.5. The van der Waals surface area contributed by atoms with Gasteiger partial charge in [0.2, 0.25) is 0 Å². The van der Waals surface area contributed by atoms with Gasteiger partial charge in [0.05, 0.1) is 17.7 Å². The van der Waals surface area contributed by atoms with E-state index in [9.17, 15) is 13.6 Å². The number of carbonyl (C=O) groups excluding carboxylic acids is 1. The second kappa shape index (κ2) is 10.4. The van der Waals surface area contributed by atoms with E-state index < -0.39 is 12.5 Å². The van der Waals surface area contributed by atoms with E-state index in [-0.39, 0.29) is 5.57 Å². The maximum atomic E-state index is 12.7. The van der Waals surface area contributed by atoms with Crippen LogP contribution in [0.2, 0.25) is 5.02 Å². The summed E-state index contributed by atoms with van der Waals surface area (Å²) >= 11 is 6.12. The molecule has 0 fully saturated rings. The number of amides is 1. The quantitative estimate of drug-likeness (QED) is 0.460. The molecule has 2 aromatic rings. The van der Waals surface area contributed by atoms with Crippen LogP contribution in [0.1, 0.15) is 35.1 Å². The molecule has 0 bridgehead atoms. The van der Waals surface area contributed by atoms with Crippen LogP contribution in [0.15, 0.2) is 42.7 Å². The number of halogens is 3. The van der Waals surface area contributed by atoms with E-state index in [1.807, 2.05) is 18.2 Å². The third kappa shape index (κ3) is 5.72. The number of alkyl halides is 2. The Kier molecular flexibility index (Phi) is 7.69. The molecule has 1 N–H and O–H groups in total. The molecule has 0 saturated heterocycles. The number of nitrogens with one attached hydrogen (secondary N) is 1. The maximum absolute atomic E-state index is 12.7. The fourth-order valence-electron chi connectivity index (χ4n) is 3.55. The number of hydrogen-bond donors (Lipinski definition) is 1. The van der Waals surface area contributed by atoms with Crippen molar-refractivity contribution in [1.82, 2.24) is 5.32 Å². The van der Waals surface area contributed by atoms with Gasteiger partial charge in [-0.3, -0.25) is 4.79 Å². The average molecular weight is 436 g/mol. The number of aryl methyl sites for hydroxylation is 2. The van der Waals surface area contributed by atoms with Crippen molar-refractivity contribution < 1.29 is 23.0 Å². The summed E-state index contributed by atoms with van der Waals surface area (Å²) in [6, 6.07) is 11.0. The normalized spacial score (nSPS) is 13.7. The lowest BCUT2D eigenvalue weighted by Gasteiger charge is -2.17. The summed E-state index contributed by atoms with van der Waals surface area (Å²) in [5.74, 6) is 0.109. The number of ether oxygens (including phenoxy) is 2. The molecular weight excluding hydrogens is 412 g/mol. The Balaban J connectivity index is 1.70. The predicted molar refractivity (Wildman–Crippen MR) is 113 cm³/mol. The maximum Gasteiger partial charge on any atom is 0.386 e. The molecular formula is C23H24ClF2NO3. The molecule has 3 rings (SSSR count). The van der Waals surface area contributed by atoms with Gasteiger partial charge in [0, 0.05) is 6.54 Å². The summed E-state index contributed by atoms with van der Waals surface area (Å²) in [7, 11) is 1.54. The van der Waals surface area contributed by atoms with Gasteiger partial charge in [0.25, 0.3) is 5.91 Å². The van der Waals surface area contributed by atoms with E-state index in [0.29, 0.717) is 29.3 Å². The van der Waals surface area contributed by atoms with Gasteiger partial charge >= 0.3 is 6.61 Å². The lowest BCUT2D eigenvalue weighted by Crippen LogP contribution is -2.27. The van der Waals surface area contributed by atoms with Crippen LogP contribution in [0.3, 0.4) is 0 Å². The van der Waals surface area contributed by atoms with Crippen LogP contribution >= 0.6 is 11.6 Å². The molecule has 2 aromatic carbocycles. The molecule has 7 heteroatoms. The smallest absolute Gasteiger partial charge is 0.386 e. The van der Waals surface area contributed by atoms with Crippen LogP contribution in [0.5, 0.6) is 5.75 Å². The molecule has 1 aliphatic rings. The van der Waals surface area contributed by atoms with Crippen LogP contribution in [0, 0.1) is 0 Å². The Labute approximate surface area is 179 Å². The summed E-state index contributed by atoms with van der Waals surface area (Å²) in [5, 5.41) is 3.26. The number of hydrogen-bond acceptors (Lipinski definition) is 3. The first-order valence-corrected chi connectivity index (χ1v) is 10.2. The molecule has 0 aliphatic heterocycles. The third-order valence-electron chi connectivity index (χ3n) is 5.11. The second-order valence-corrected chi connectivity index (χ2v) is 7.50. The fourth-order valence-corrected chi connectivity index (χ4v) is 3.83. The molecule has 4 nitrogen and oxygen atoms in total. The highest BCUT2D eigenvalue weighted by atomic mass is 35.5. The summed E-state index contributed by atoms with van der Waals surface area (Å²) in [6.45, 7) is -2.68. The molecule has 160 valence electrons. The Morgan fingerprint density at radius 3 is 2.63 bits per heavy atom. The van der Waals surface area contributed by atoms with Gasteiger partial charge in [-0.15, -0.1) is 0 Å². The van der Waals surface area contributed by atoms with Gasteiger partial charge in [-0.1, -0.05) is 35.9 Å². The monoisotopic (exact) mass is 435 g/mol. The van der Waals surface area contributed by atoms with Crippen molar-refractivity contribution in [3.63, 3.8) is 0 Å². The number of carbonyl (C=O) groups is 1. The van der Waals surface area contributed by atoms with Crippen molar-refractivity contribution >= 4 is 23.1 Å².